The number of hydrogen-bond acceptors (Lipinski definition) is 4. The number of alkyl halides is 3. The van der Waals surface area contributed by atoms with Gasteiger partial charge in [-0.05, 0) is 20.8 Å². The first-order valence-corrected chi connectivity index (χ1v) is 3.81. The molecule has 0 radical (unpaired) electrons. The van der Waals surface area contributed by atoms with Gasteiger partial charge in [-0.15, -0.1) is 0 Å². The molecule has 0 saturated heterocycles. The summed E-state index contributed by atoms with van der Waals surface area (Å²) in [6.07, 6.45) is -5.40. The van der Waals surface area contributed by atoms with Crippen LogP contribution in [-0.2, 0) is 9.63 Å². The van der Waals surface area contributed by atoms with Gasteiger partial charge in [0.05, 0.1) is 5.60 Å². The zero-order chi connectivity index (χ0) is 12.9. The van der Waals surface area contributed by atoms with E-state index in [-0.39, 0.29) is 6.10 Å². The standard InChI is InChI=1S/C5H13NO2.C2HF3O2/c1-4(8-6)5(2,3)7;3-2(4,5)1(6)7/h4,7H,6H2,1-3H3;(H,6,7). The fraction of sp³-hybridized carbons (Fsp3) is 0.857. The van der Waals surface area contributed by atoms with Gasteiger partial charge in [0.15, 0.2) is 0 Å². The predicted molar refractivity (Wildman–Crippen MR) is 44.7 cm³/mol. The maximum atomic E-state index is 10.6. The van der Waals surface area contributed by atoms with Crippen LogP contribution in [0.25, 0.3) is 0 Å². The lowest BCUT2D eigenvalue weighted by Gasteiger charge is -2.22. The molecule has 0 amide bonds. The maximum Gasteiger partial charge on any atom is 0.490 e. The molecule has 92 valence electrons. The molecular formula is C7H14F3NO4. The summed E-state index contributed by atoms with van der Waals surface area (Å²) in [4.78, 5) is 13.3. The average molecular weight is 233 g/mol. The van der Waals surface area contributed by atoms with E-state index >= 15 is 0 Å². The van der Waals surface area contributed by atoms with Gasteiger partial charge in [0, 0.05) is 0 Å². The summed E-state index contributed by atoms with van der Waals surface area (Å²) < 4.78 is 31.7. The number of nitrogens with two attached hydrogens (primary N) is 1. The lowest BCUT2D eigenvalue weighted by atomic mass is 10.0. The van der Waals surface area contributed by atoms with Crippen LogP contribution in [0.2, 0.25) is 0 Å². The molecule has 0 saturated carbocycles. The molecule has 0 aliphatic heterocycles. The van der Waals surface area contributed by atoms with Crippen molar-refractivity contribution in [2.24, 2.45) is 5.90 Å². The number of carboxylic acids is 1. The molecule has 8 heteroatoms. The molecule has 5 nitrogen and oxygen atoms in total. The van der Waals surface area contributed by atoms with E-state index < -0.39 is 17.7 Å². The van der Waals surface area contributed by atoms with E-state index in [0.29, 0.717) is 0 Å². The second-order valence-electron chi connectivity index (χ2n) is 3.23. The molecule has 0 fully saturated rings. The summed E-state index contributed by atoms with van der Waals surface area (Å²) in [5, 5.41) is 16.2. The lowest BCUT2D eigenvalue weighted by Crippen LogP contribution is -2.37. The van der Waals surface area contributed by atoms with Gasteiger partial charge in [-0.3, -0.25) is 4.84 Å². The molecule has 0 rings (SSSR count). The monoisotopic (exact) mass is 233 g/mol. The highest BCUT2D eigenvalue weighted by atomic mass is 19.4. The minimum atomic E-state index is -5.08. The topological polar surface area (TPSA) is 92.8 Å². The molecule has 0 aliphatic carbocycles. The molecule has 0 aromatic rings. The van der Waals surface area contributed by atoms with Crippen LogP contribution in [0.1, 0.15) is 20.8 Å². The number of halogens is 3. The van der Waals surface area contributed by atoms with Crippen LogP contribution in [0.3, 0.4) is 0 Å². The van der Waals surface area contributed by atoms with Crippen molar-refractivity contribution < 1.29 is 33.0 Å². The number of rotatable bonds is 2. The summed E-state index contributed by atoms with van der Waals surface area (Å²) in [6, 6.07) is 0. The Morgan fingerprint density at radius 3 is 1.67 bits per heavy atom. The van der Waals surface area contributed by atoms with Gasteiger partial charge < -0.3 is 10.2 Å². The molecule has 1 atom stereocenters. The average Bonchev–Trinajstić information content (AvgIpc) is 2.00. The van der Waals surface area contributed by atoms with E-state index in [1.54, 1.807) is 20.8 Å². The molecule has 15 heavy (non-hydrogen) atoms. The van der Waals surface area contributed by atoms with Crippen molar-refractivity contribution in [3.63, 3.8) is 0 Å². The molecule has 0 aromatic carbocycles. The summed E-state index contributed by atoms with van der Waals surface area (Å²) >= 11 is 0. The zero-order valence-electron chi connectivity index (χ0n) is 8.50. The maximum absolute atomic E-state index is 10.6. The summed E-state index contributed by atoms with van der Waals surface area (Å²) in [6.45, 7) is 5.00. The Balaban J connectivity index is 0. The lowest BCUT2D eigenvalue weighted by molar-refractivity contribution is -0.192. The second-order valence-corrected chi connectivity index (χ2v) is 3.23. The SMILES string of the molecule is CC(ON)C(C)(C)O.O=C(O)C(F)(F)F. The molecule has 4 N–H and O–H groups in total. The van der Waals surface area contributed by atoms with E-state index in [2.05, 4.69) is 4.84 Å². The summed E-state index contributed by atoms with van der Waals surface area (Å²) in [5.41, 5.74) is -0.839. The first kappa shape index (κ1) is 16.6. The Bertz CT molecular complexity index is 199. The molecular weight excluding hydrogens is 219 g/mol. The number of hydrogen-bond donors (Lipinski definition) is 3. The smallest absolute Gasteiger partial charge is 0.475 e. The molecule has 1 unspecified atom stereocenters. The highest BCUT2D eigenvalue weighted by Gasteiger charge is 2.38. The predicted octanol–water partition coefficient (Wildman–Crippen LogP) is 0.669. The normalized spacial score (nSPS) is 13.9. The van der Waals surface area contributed by atoms with E-state index in [9.17, 15) is 13.2 Å². The van der Waals surface area contributed by atoms with Crippen molar-refractivity contribution in [3.05, 3.63) is 0 Å². The van der Waals surface area contributed by atoms with Gasteiger partial charge in [0.1, 0.15) is 6.10 Å². The first-order valence-electron chi connectivity index (χ1n) is 3.81. The van der Waals surface area contributed by atoms with Crippen molar-refractivity contribution in [2.75, 3.05) is 0 Å². The minimum Gasteiger partial charge on any atom is -0.475 e. The van der Waals surface area contributed by atoms with E-state index in [1.165, 1.54) is 0 Å². The van der Waals surface area contributed by atoms with Crippen LogP contribution < -0.4 is 5.90 Å². The van der Waals surface area contributed by atoms with Gasteiger partial charge in [-0.2, -0.15) is 13.2 Å². The summed E-state index contributed by atoms with van der Waals surface area (Å²) in [5.74, 6) is 2.04. The molecule has 0 heterocycles. The Morgan fingerprint density at radius 1 is 1.40 bits per heavy atom. The fourth-order valence-corrected chi connectivity index (χ4v) is 0.167. The third-order valence-electron chi connectivity index (χ3n) is 1.44. The van der Waals surface area contributed by atoms with Gasteiger partial charge in [-0.1, -0.05) is 0 Å². The Kier molecular flexibility index (Phi) is 6.50. The Hall–Kier alpha value is -0.860. The van der Waals surface area contributed by atoms with Crippen molar-refractivity contribution >= 4 is 5.97 Å². The van der Waals surface area contributed by atoms with Crippen molar-refractivity contribution in [3.8, 4) is 0 Å². The highest BCUT2D eigenvalue weighted by molar-refractivity contribution is 5.73. The zero-order valence-corrected chi connectivity index (χ0v) is 8.50. The van der Waals surface area contributed by atoms with Gasteiger partial charge >= 0.3 is 12.1 Å². The van der Waals surface area contributed by atoms with Gasteiger partial charge in [0.25, 0.3) is 0 Å². The third-order valence-corrected chi connectivity index (χ3v) is 1.44. The molecule has 0 aromatic heterocycles. The molecule has 0 bridgehead atoms. The number of aliphatic carboxylic acids is 1. The van der Waals surface area contributed by atoms with Crippen LogP contribution in [0.4, 0.5) is 13.2 Å². The van der Waals surface area contributed by atoms with E-state index in [1.807, 2.05) is 0 Å². The largest absolute Gasteiger partial charge is 0.490 e. The van der Waals surface area contributed by atoms with Crippen LogP contribution in [0.5, 0.6) is 0 Å². The Morgan fingerprint density at radius 2 is 1.67 bits per heavy atom. The van der Waals surface area contributed by atoms with Crippen LogP contribution >= 0.6 is 0 Å². The molecule has 0 spiro atoms. The first-order chi connectivity index (χ1) is 6.42. The van der Waals surface area contributed by atoms with Crippen LogP contribution in [0.15, 0.2) is 0 Å². The van der Waals surface area contributed by atoms with Crippen molar-refractivity contribution in [2.45, 2.75) is 38.7 Å². The minimum absolute atomic E-state index is 0.317. The van der Waals surface area contributed by atoms with Crippen molar-refractivity contribution in [1.29, 1.82) is 0 Å². The second kappa shape index (κ2) is 5.89. The van der Waals surface area contributed by atoms with Gasteiger partial charge in [0.2, 0.25) is 0 Å². The summed E-state index contributed by atoms with van der Waals surface area (Å²) in [7, 11) is 0. The number of aliphatic hydroxyl groups is 1. The van der Waals surface area contributed by atoms with E-state index in [0.717, 1.165) is 0 Å². The van der Waals surface area contributed by atoms with Gasteiger partial charge in [-0.25, -0.2) is 10.7 Å². The van der Waals surface area contributed by atoms with Crippen LogP contribution in [-0.4, -0.2) is 34.1 Å². The Labute approximate surface area is 84.6 Å². The van der Waals surface area contributed by atoms with Crippen molar-refractivity contribution in [1.82, 2.24) is 0 Å². The third kappa shape index (κ3) is 9.44. The number of carboxylic acid groups (broad SMARTS) is 1. The number of carbonyl (C=O) groups is 1. The quantitative estimate of drug-likeness (QED) is 0.609. The highest BCUT2D eigenvalue weighted by Crippen LogP contribution is 2.13. The van der Waals surface area contributed by atoms with E-state index in [4.69, 9.17) is 20.9 Å². The molecule has 0 aliphatic rings. The van der Waals surface area contributed by atoms with Crippen LogP contribution in [0, 0.1) is 0 Å². The fourth-order valence-electron chi connectivity index (χ4n) is 0.167.